The number of nitrogens with zero attached hydrogens (tertiary/aromatic N) is 3. The van der Waals surface area contributed by atoms with E-state index >= 15 is 0 Å². The Bertz CT molecular complexity index is 1180. The van der Waals surface area contributed by atoms with Crippen LogP contribution in [-0.4, -0.2) is 41.6 Å². The number of halogens is 4. The minimum absolute atomic E-state index is 0.0390. The smallest absolute Gasteiger partial charge is 0.382 e. The average Bonchev–Trinajstić information content (AvgIpc) is 3.81. The highest BCUT2D eigenvalue weighted by molar-refractivity contribution is 6.32. The van der Waals surface area contributed by atoms with Gasteiger partial charge in [0.25, 0.3) is 5.56 Å². The molecule has 4 aliphatic rings. The summed E-state index contributed by atoms with van der Waals surface area (Å²) in [6, 6.07) is 6.09. The van der Waals surface area contributed by atoms with E-state index in [9.17, 15) is 18.0 Å². The molecule has 200 valence electrons. The molecule has 3 saturated carbocycles. The molecule has 0 radical (unpaired) electrons. The van der Waals surface area contributed by atoms with Gasteiger partial charge < -0.3 is 15.0 Å². The Labute approximate surface area is 219 Å². The molecule has 0 spiro atoms. The second-order valence-electron chi connectivity index (χ2n) is 11.1. The van der Waals surface area contributed by atoms with E-state index in [1.54, 1.807) is 18.3 Å². The highest BCUT2D eigenvalue weighted by Gasteiger charge is 2.46. The van der Waals surface area contributed by atoms with Gasteiger partial charge in [0.1, 0.15) is 5.02 Å². The maximum atomic E-state index is 13.1. The molecule has 2 aromatic rings. The monoisotopic (exact) mass is 536 g/mol. The number of aromatic nitrogens is 2. The van der Waals surface area contributed by atoms with Crippen molar-refractivity contribution < 1.29 is 17.9 Å². The summed E-state index contributed by atoms with van der Waals surface area (Å²) in [4.78, 5) is 15.4. The second-order valence-corrected chi connectivity index (χ2v) is 11.5. The molecule has 0 bridgehead atoms. The number of anilines is 2. The summed E-state index contributed by atoms with van der Waals surface area (Å²) in [5.74, 6) is 1.83. The third-order valence-electron chi connectivity index (χ3n) is 8.58. The van der Waals surface area contributed by atoms with Gasteiger partial charge in [-0.1, -0.05) is 11.6 Å². The molecular weight excluding hydrogens is 505 g/mol. The molecule has 6 rings (SSSR count). The molecule has 37 heavy (non-hydrogen) atoms. The molecule has 1 saturated heterocycles. The molecule has 6 nitrogen and oxygen atoms in total. The van der Waals surface area contributed by atoms with Gasteiger partial charge in [-0.15, -0.1) is 0 Å². The number of rotatable bonds is 7. The van der Waals surface area contributed by atoms with Crippen LogP contribution in [-0.2, 0) is 10.9 Å². The van der Waals surface area contributed by atoms with Gasteiger partial charge >= 0.3 is 6.18 Å². The lowest BCUT2D eigenvalue weighted by atomic mass is 9.89. The summed E-state index contributed by atoms with van der Waals surface area (Å²) < 4.78 is 46.2. The SMILES string of the molecule is O=c1c(Cl)c(NC[C@H]2COCC3C[C@H]32)cnn1C1CCC(N(c2ccc(C(F)(F)F)cc2)C2CC2)CC1. The van der Waals surface area contributed by atoms with Crippen molar-refractivity contribution >= 4 is 23.0 Å². The number of fused-ring (bicyclic) bond motifs is 1. The highest BCUT2D eigenvalue weighted by Crippen LogP contribution is 2.47. The topological polar surface area (TPSA) is 59.4 Å². The minimum atomic E-state index is -4.34. The van der Waals surface area contributed by atoms with E-state index in [1.807, 2.05) is 0 Å². The molecule has 4 fully saturated rings. The van der Waals surface area contributed by atoms with Gasteiger partial charge in [0.05, 0.1) is 30.1 Å². The lowest BCUT2D eigenvalue weighted by molar-refractivity contribution is -0.137. The molecule has 10 heteroatoms. The van der Waals surface area contributed by atoms with E-state index in [0.29, 0.717) is 29.5 Å². The molecule has 1 aromatic carbocycles. The van der Waals surface area contributed by atoms with Crippen LogP contribution in [0.1, 0.15) is 56.6 Å². The number of ether oxygens (including phenoxy) is 1. The lowest BCUT2D eigenvalue weighted by Gasteiger charge is -2.39. The van der Waals surface area contributed by atoms with Crippen LogP contribution in [0.15, 0.2) is 35.3 Å². The Morgan fingerprint density at radius 1 is 1.05 bits per heavy atom. The van der Waals surface area contributed by atoms with Crippen LogP contribution in [0.5, 0.6) is 0 Å². The van der Waals surface area contributed by atoms with Gasteiger partial charge in [0.2, 0.25) is 0 Å². The van der Waals surface area contributed by atoms with Gasteiger partial charge in [-0.05, 0) is 81.0 Å². The maximum Gasteiger partial charge on any atom is 0.416 e. The Kier molecular flexibility index (Phi) is 6.63. The number of alkyl halides is 3. The van der Waals surface area contributed by atoms with Crippen molar-refractivity contribution in [1.82, 2.24) is 9.78 Å². The minimum Gasteiger partial charge on any atom is -0.382 e. The Hall–Kier alpha value is -2.26. The predicted octanol–water partition coefficient (Wildman–Crippen LogP) is 5.76. The summed E-state index contributed by atoms with van der Waals surface area (Å²) in [7, 11) is 0. The highest BCUT2D eigenvalue weighted by atomic mass is 35.5. The number of benzene rings is 1. The van der Waals surface area contributed by atoms with Gasteiger partial charge in [0, 0.05) is 36.8 Å². The standard InChI is InChI=1S/C27H32ClF3N4O2/c28-25-24(32-12-17-15-37-14-16-11-23(16)17)13-33-35(26(25)36)22-9-7-21(8-10-22)34(20-5-6-20)19-3-1-18(2-4-19)27(29,30)31/h1-4,13,16-17,20-23,32H,5-12,14-15H2/t16?,17-,21?,22?,23+/m0/s1. The first kappa shape index (κ1) is 25.0. The first-order valence-corrected chi connectivity index (χ1v) is 13.7. The Balaban J connectivity index is 1.09. The zero-order chi connectivity index (χ0) is 25.7. The molecule has 2 heterocycles. The molecule has 1 unspecified atom stereocenters. The quantitative estimate of drug-likeness (QED) is 0.487. The van der Waals surface area contributed by atoms with Crippen LogP contribution >= 0.6 is 11.6 Å². The van der Waals surface area contributed by atoms with Crippen molar-refractivity contribution in [3.63, 3.8) is 0 Å². The summed E-state index contributed by atoms with van der Waals surface area (Å²) in [5, 5.41) is 7.96. The van der Waals surface area contributed by atoms with Crippen molar-refractivity contribution in [2.75, 3.05) is 30.0 Å². The van der Waals surface area contributed by atoms with Crippen molar-refractivity contribution in [2.24, 2.45) is 17.8 Å². The molecule has 0 amide bonds. The van der Waals surface area contributed by atoms with Crippen LogP contribution in [0.2, 0.25) is 5.02 Å². The van der Waals surface area contributed by atoms with Crippen molar-refractivity contribution in [2.45, 2.75) is 69.2 Å². The molecule has 3 aliphatic carbocycles. The van der Waals surface area contributed by atoms with Gasteiger partial charge in [-0.25, -0.2) is 4.68 Å². The zero-order valence-electron chi connectivity index (χ0n) is 20.6. The van der Waals surface area contributed by atoms with Gasteiger partial charge in [-0.3, -0.25) is 4.79 Å². The Morgan fingerprint density at radius 3 is 2.38 bits per heavy atom. The van der Waals surface area contributed by atoms with E-state index in [-0.39, 0.29) is 22.7 Å². The molecule has 1 aliphatic heterocycles. The van der Waals surface area contributed by atoms with Crippen molar-refractivity contribution in [1.29, 1.82) is 0 Å². The van der Waals surface area contributed by atoms with Crippen molar-refractivity contribution in [3.8, 4) is 0 Å². The summed E-state index contributed by atoms with van der Waals surface area (Å²) in [6.07, 6.45) is 3.89. The summed E-state index contributed by atoms with van der Waals surface area (Å²) >= 11 is 6.48. The molecule has 3 atom stereocenters. The van der Waals surface area contributed by atoms with E-state index in [0.717, 1.165) is 64.0 Å². The van der Waals surface area contributed by atoms with E-state index in [4.69, 9.17) is 16.3 Å². The number of hydrogen-bond donors (Lipinski definition) is 1. The van der Waals surface area contributed by atoms with Crippen LogP contribution < -0.4 is 15.8 Å². The number of hydrogen-bond acceptors (Lipinski definition) is 5. The fourth-order valence-corrected chi connectivity index (χ4v) is 6.49. The van der Waals surface area contributed by atoms with Crippen LogP contribution in [0, 0.1) is 17.8 Å². The fraction of sp³-hybridized carbons (Fsp3) is 0.630. The summed E-state index contributed by atoms with van der Waals surface area (Å²) in [6.45, 7) is 2.33. The molecule has 1 aromatic heterocycles. The molecule has 1 N–H and O–H groups in total. The van der Waals surface area contributed by atoms with Crippen LogP contribution in [0.25, 0.3) is 0 Å². The van der Waals surface area contributed by atoms with Gasteiger partial charge in [-0.2, -0.15) is 18.3 Å². The van der Waals surface area contributed by atoms with E-state index in [1.165, 1.54) is 23.2 Å². The average molecular weight is 537 g/mol. The zero-order valence-corrected chi connectivity index (χ0v) is 21.3. The Morgan fingerprint density at radius 2 is 1.73 bits per heavy atom. The first-order chi connectivity index (χ1) is 17.8. The van der Waals surface area contributed by atoms with E-state index in [2.05, 4.69) is 15.3 Å². The largest absolute Gasteiger partial charge is 0.416 e. The predicted molar refractivity (Wildman–Crippen MR) is 136 cm³/mol. The maximum absolute atomic E-state index is 13.1. The van der Waals surface area contributed by atoms with Gasteiger partial charge in [0.15, 0.2) is 0 Å². The second kappa shape index (κ2) is 9.80. The summed E-state index contributed by atoms with van der Waals surface area (Å²) in [5.41, 5.74) is 0.510. The third-order valence-corrected chi connectivity index (χ3v) is 8.95. The fourth-order valence-electron chi connectivity index (χ4n) is 6.29. The third kappa shape index (κ3) is 5.21. The normalized spacial score (nSPS) is 29.5. The van der Waals surface area contributed by atoms with Crippen LogP contribution in [0.3, 0.4) is 0 Å². The van der Waals surface area contributed by atoms with Crippen molar-refractivity contribution in [3.05, 3.63) is 51.4 Å². The first-order valence-electron chi connectivity index (χ1n) is 13.3. The molecular formula is C27H32ClF3N4O2. The number of nitrogens with one attached hydrogen (secondary N) is 1. The lowest BCUT2D eigenvalue weighted by Crippen LogP contribution is -2.41. The van der Waals surface area contributed by atoms with Crippen LogP contribution in [0.4, 0.5) is 24.5 Å². The van der Waals surface area contributed by atoms with E-state index < -0.39 is 11.7 Å².